The zero-order valence-electron chi connectivity index (χ0n) is 10.7. The van der Waals surface area contributed by atoms with Crippen LogP contribution in [0.1, 0.15) is 19.3 Å². The van der Waals surface area contributed by atoms with E-state index in [1.807, 2.05) is 10.6 Å². The standard InChI is InChI=1S/C13H17N5O/c14-11-8-17-5-4-15-12(17)13(16-11)18-6-7-19-10-3-1-2-9(10)18/h4-5,8-10H,1-3,6-7,14H2. The first-order chi connectivity index (χ1) is 9.33. The fourth-order valence-electron chi connectivity index (χ4n) is 3.32. The number of hydrogen-bond donors (Lipinski definition) is 1. The van der Waals surface area contributed by atoms with Crippen LogP contribution in [0.4, 0.5) is 11.6 Å². The molecule has 0 amide bonds. The molecule has 2 aromatic rings. The summed E-state index contributed by atoms with van der Waals surface area (Å²) in [4.78, 5) is 11.3. The van der Waals surface area contributed by atoms with Gasteiger partial charge < -0.3 is 19.8 Å². The second-order valence-electron chi connectivity index (χ2n) is 5.25. The number of morpholine rings is 1. The lowest BCUT2D eigenvalue weighted by Crippen LogP contribution is -2.49. The Morgan fingerprint density at radius 1 is 1.37 bits per heavy atom. The first-order valence-corrected chi connectivity index (χ1v) is 6.80. The van der Waals surface area contributed by atoms with Gasteiger partial charge in [0.05, 0.1) is 24.9 Å². The van der Waals surface area contributed by atoms with Gasteiger partial charge in [-0.1, -0.05) is 0 Å². The summed E-state index contributed by atoms with van der Waals surface area (Å²) in [6.45, 7) is 1.62. The number of ether oxygens (including phenoxy) is 1. The molecule has 100 valence electrons. The minimum atomic E-state index is 0.340. The highest BCUT2D eigenvalue weighted by molar-refractivity contribution is 5.67. The van der Waals surface area contributed by atoms with E-state index in [9.17, 15) is 0 Å². The highest BCUT2D eigenvalue weighted by Gasteiger charge is 2.37. The van der Waals surface area contributed by atoms with Gasteiger partial charge in [-0.05, 0) is 19.3 Å². The molecule has 2 fully saturated rings. The topological polar surface area (TPSA) is 68.7 Å². The van der Waals surface area contributed by atoms with E-state index in [0.717, 1.165) is 37.5 Å². The molecule has 0 aromatic carbocycles. The highest BCUT2D eigenvalue weighted by Crippen LogP contribution is 2.33. The van der Waals surface area contributed by atoms with Crippen molar-refractivity contribution in [3.05, 3.63) is 18.6 Å². The predicted octanol–water partition coefficient (Wildman–Crippen LogP) is 1.07. The zero-order chi connectivity index (χ0) is 12.8. The molecular formula is C13H17N5O. The number of nitrogens with zero attached hydrogens (tertiary/aromatic N) is 4. The summed E-state index contributed by atoms with van der Waals surface area (Å²) in [6.07, 6.45) is 9.36. The van der Waals surface area contributed by atoms with E-state index in [1.54, 1.807) is 12.4 Å². The van der Waals surface area contributed by atoms with Crippen LogP contribution in [0.15, 0.2) is 18.6 Å². The maximum atomic E-state index is 5.91. The zero-order valence-corrected chi connectivity index (χ0v) is 10.7. The lowest BCUT2D eigenvalue weighted by Gasteiger charge is -2.38. The predicted molar refractivity (Wildman–Crippen MR) is 72.1 cm³/mol. The first-order valence-electron chi connectivity index (χ1n) is 6.80. The second-order valence-corrected chi connectivity index (χ2v) is 5.25. The SMILES string of the molecule is Nc1cn2ccnc2c(N2CCOC3CCCC32)n1. The van der Waals surface area contributed by atoms with E-state index in [2.05, 4.69) is 14.9 Å². The lowest BCUT2D eigenvalue weighted by molar-refractivity contribution is 0.0254. The van der Waals surface area contributed by atoms with Crippen LogP contribution >= 0.6 is 0 Å². The quantitative estimate of drug-likeness (QED) is 0.829. The van der Waals surface area contributed by atoms with Crippen LogP contribution in [0.2, 0.25) is 0 Å². The van der Waals surface area contributed by atoms with Gasteiger partial charge in [-0.15, -0.1) is 0 Å². The number of hydrogen-bond acceptors (Lipinski definition) is 5. The van der Waals surface area contributed by atoms with Crippen molar-refractivity contribution in [2.45, 2.75) is 31.4 Å². The molecule has 1 saturated carbocycles. The highest BCUT2D eigenvalue weighted by atomic mass is 16.5. The van der Waals surface area contributed by atoms with E-state index in [0.29, 0.717) is 18.0 Å². The first kappa shape index (κ1) is 11.0. The molecule has 2 unspecified atom stereocenters. The van der Waals surface area contributed by atoms with Crippen molar-refractivity contribution in [1.82, 2.24) is 14.4 Å². The molecule has 2 N–H and O–H groups in total. The van der Waals surface area contributed by atoms with Crippen molar-refractivity contribution in [3.8, 4) is 0 Å². The number of aromatic nitrogens is 3. The third-order valence-corrected chi connectivity index (χ3v) is 4.13. The van der Waals surface area contributed by atoms with Crippen LogP contribution in [-0.2, 0) is 4.74 Å². The number of imidazole rings is 1. The van der Waals surface area contributed by atoms with Gasteiger partial charge in [-0.2, -0.15) is 0 Å². The number of fused-ring (bicyclic) bond motifs is 2. The minimum absolute atomic E-state index is 0.340. The molecule has 0 radical (unpaired) electrons. The van der Waals surface area contributed by atoms with Crippen LogP contribution < -0.4 is 10.6 Å². The van der Waals surface area contributed by atoms with Crippen LogP contribution in [-0.4, -0.2) is 39.7 Å². The van der Waals surface area contributed by atoms with Crippen molar-refractivity contribution in [2.75, 3.05) is 23.8 Å². The maximum absolute atomic E-state index is 5.91. The maximum Gasteiger partial charge on any atom is 0.180 e. The summed E-state index contributed by atoms with van der Waals surface area (Å²) in [5.74, 6) is 1.42. The molecule has 4 rings (SSSR count). The molecule has 1 saturated heterocycles. The van der Waals surface area contributed by atoms with Gasteiger partial charge in [0.2, 0.25) is 0 Å². The third kappa shape index (κ3) is 1.67. The van der Waals surface area contributed by atoms with Crippen molar-refractivity contribution >= 4 is 17.3 Å². The Balaban J connectivity index is 1.82. The Morgan fingerprint density at radius 2 is 2.32 bits per heavy atom. The molecule has 0 bridgehead atoms. The van der Waals surface area contributed by atoms with Crippen molar-refractivity contribution in [3.63, 3.8) is 0 Å². The number of nitrogens with two attached hydrogens (primary N) is 1. The Labute approximate surface area is 111 Å². The van der Waals surface area contributed by atoms with Crippen LogP contribution in [0.3, 0.4) is 0 Å². The van der Waals surface area contributed by atoms with Gasteiger partial charge in [0, 0.05) is 18.9 Å². The summed E-state index contributed by atoms with van der Waals surface area (Å²) >= 11 is 0. The van der Waals surface area contributed by atoms with E-state index >= 15 is 0 Å². The van der Waals surface area contributed by atoms with Crippen molar-refractivity contribution in [1.29, 1.82) is 0 Å². The smallest absolute Gasteiger partial charge is 0.180 e. The van der Waals surface area contributed by atoms with Gasteiger partial charge >= 0.3 is 0 Å². The van der Waals surface area contributed by atoms with Gasteiger partial charge in [0.1, 0.15) is 5.82 Å². The van der Waals surface area contributed by atoms with Crippen LogP contribution in [0, 0.1) is 0 Å². The van der Waals surface area contributed by atoms with Crippen LogP contribution in [0.5, 0.6) is 0 Å². The number of nitrogen functional groups attached to an aromatic ring is 1. The van der Waals surface area contributed by atoms with Crippen molar-refractivity contribution < 1.29 is 4.74 Å². The fourth-order valence-corrected chi connectivity index (χ4v) is 3.32. The summed E-state index contributed by atoms with van der Waals surface area (Å²) in [7, 11) is 0. The minimum Gasteiger partial charge on any atom is -0.382 e. The van der Waals surface area contributed by atoms with Gasteiger partial charge in [0.15, 0.2) is 11.5 Å². The Hall–Kier alpha value is -1.82. The Morgan fingerprint density at radius 3 is 3.26 bits per heavy atom. The normalized spacial score (nSPS) is 26.8. The van der Waals surface area contributed by atoms with E-state index in [1.165, 1.54) is 6.42 Å². The van der Waals surface area contributed by atoms with Gasteiger partial charge in [-0.3, -0.25) is 0 Å². The molecule has 2 aliphatic rings. The monoisotopic (exact) mass is 259 g/mol. The van der Waals surface area contributed by atoms with E-state index in [4.69, 9.17) is 10.5 Å². The van der Waals surface area contributed by atoms with Gasteiger partial charge in [-0.25, -0.2) is 9.97 Å². The molecule has 3 heterocycles. The molecule has 1 aliphatic heterocycles. The average molecular weight is 259 g/mol. The Bertz CT molecular complexity index is 610. The number of rotatable bonds is 1. The van der Waals surface area contributed by atoms with Crippen molar-refractivity contribution in [2.24, 2.45) is 0 Å². The molecular weight excluding hydrogens is 242 g/mol. The molecule has 19 heavy (non-hydrogen) atoms. The molecule has 2 atom stereocenters. The molecule has 2 aromatic heterocycles. The van der Waals surface area contributed by atoms with E-state index in [-0.39, 0.29) is 0 Å². The fraction of sp³-hybridized carbons (Fsp3) is 0.538. The Kier molecular flexibility index (Phi) is 2.38. The van der Waals surface area contributed by atoms with Gasteiger partial charge in [0.25, 0.3) is 0 Å². The summed E-state index contributed by atoms with van der Waals surface area (Å²) in [5, 5.41) is 0. The van der Waals surface area contributed by atoms with E-state index < -0.39 is 0 Å². The summed E-state index contributed by atoms with van der Waals surface area (Å²) in [6, 6.07) is 0.420. The van der Waals surface area contributed by atoms with Crippen LogP contribution in [0.25, 0.3) is 5.65 Å². The lowest BCUT2D eigenvalue weighted by atomic mass is 10.1. The number of anilines is 2. The molecule has 6 nitrogen and oxygen atoms in total. The third-order valence-electron chi connectivity index (χ3n) is 4.13. The second kappa shape index (κ2) is 4.09. The molecule has 1 aliphatic carbocycles. The average Bonchev–Trinajstić information content (AvgIpc) is 3.04. The summed E-state index contributed by atoms with van der Waals surface area (Å²) in [5.41, 5.74) is 6.79. The molecule has 6 heteroatoms. The largest absolute Gasteiger partial charge is 0.382 e. The molecule has 0 spiro atoms. The summed E-state index contributed by atoms with van der Waals surface area (Å²) < 4.78 is 7.79.